The second-order valence-electron chi connectivity index (χ2n) is 4.34. The average Bonchev–Trinajstić information content (AvgIpc) is 2.32. The monoisotopic (exact) mass is 289 g/mol. The van der Waals surface area contributed by atoms with Crippen LogP contribution in [-0.2, 0) is 0 Å². The molecule has 0 saturated carbocycles. The Balaban J connectivity index is 0.00000162. The van der Waals surface area contributed by atoms with E-state index >= 15 is 0 Å². The Bertz CT molecular complexity index is 406. The number of hydrogen-bond donors (Lipinski definition) is 2. The van der Waals surface area contributed by atoms with Gasteiger partial charge in [-0.15, -0.1) is 0 Å². The van der Waals surface area contributed by atoms with Gasteiger partial charge in [0, 0.05) is 13.1 Å². The minimum absolute atomic E-state index is 0. The molecule has 0 atom stereocenters. The summed E-state index contributed by atoms with van der Waals surface area (Å²) < 4.78 is 0. The number of rotatable bonds is 2. The minimum Gasteiger partial charge on any atom is -1.00 e. The zero-order valence-electron chi connectivity index (χ0n) is 10.2. The predicted molar refractivity (Wildman–Crippen MR) is 67.1 cm³/mol. The molecule has 1 saturated heterocycles. The van der Waals surface area contributed by atoms with Crippen molar-refractivity contribution >= 4 is 17.5 Å². The molecule has 1 aliphatic heterocycles. The molecule has 2 N–H and O–H groups in total. The van der Waals surface area contributed by atoms with Crippen molar-refractivity contribution in [2.75, 3.05) is 33.2 Å². The molecule has 1 aromatic carbocycles. The van der Waals surface area contributed by atoms with Crippen molar-refractivity contribution in [1.82, 2.24) is 10.3 Å². The van der Waals surface area contributed by atoms with Crippen molar-refractivity contribution in [2.24, 2.45) is 0 Å². The predicted octanol–water partition coefficient (Wildman–Crippen LogP) is -3.18. The molecule has 1 aliphatic rings. The van der Waals surface area contributed by atoms with Crippen LogP contribution in [0, 0.1) is 0 Å². The van der Waals surface area contributed by atoms with Gasteiger partial charge in [0.1, 0.15) is 13.1 Å². The maximum absolute atomic E-state index is 12.0. The Hall–Kier alpha value is -0.810. The van der Waals surface area contributed by atoms with Crippen molar-refractivity contribution in [2.45, 2.75) is 0 Å². The number of carbonyl (C=O) groups is 1. The molecule has 4 nitrogen and oxygen atoms in total. The van der Waals surface area contributed by atoms with E-state index in [0.29, 0.717) is 10.6 Å². The number of piperazine rings is 1. The summed E-state index contributed by atoms with van der Waals surface area (Å²) in [5, 5.41) is 1.60. The molecule has 0 aromatic heterocycles. The molecular formula is C12H17Cl2N3O. The molecular weight excluding hydrogens is 273 g/mol. The van der Waals surface area contributed by atoms with E-state index in [2.05, 4.69) is 17.4 Å². The normalized spacial score (nSPS) is 17.0. The Morgan fingerprint density at radius 3 is 2.56 bits per heavy atom. The second kappa shape index (κ2) is 6.95. The molecule has 1 heterocycles. The lowest BCUT2D eigenvalue weighted by molar-refractivity contribution is -0.939. The zero-order valence-corrected chi connectivity index (χ0v) is 11.8. The fourth-order valence-electron chi connectivity index (χ4n) is 1.89. The maximum Gasteiger partial charge on any atom is 0.297 e. The number of nitrogens with zero attached hydrogens (tertiary/aromatic N) is 1. The Morgan fingerprint density at radius 2 is 1.94 bits per heavy atom. The number of amides is 1. The Labute approximate surface area is 118 Å². The van der Waals surface area contributed by atoms with E-state index in [0.717, 1.165) is 31.2 Å². The Morgan fingerprint density at radius 1 is 1.33 bits per heavy atom. The summed E-state index contributed by atoms with van der Waals surface area (Å²) in [4.78, 5) is 14.2. The summed E-state index contributed by atoms with van der Waals surface area (Å²) >= 11 is 5.98. The second-order valence-corrected chi connectivity index (χ2v) is 4.75. The van der Waals surface area contributed by atoms with Gasteiger partial charge >= 0.3 is 0 Å². The van der Waals surface area contributed by atoms with E-state index in [1.165, 1.54) is 0 Å². The van der Waals surface area contributed by atoms with Crippen LogP contribution in [-0.4, -0.2) is 44.0 Å². The molecule has 0 radical (unpaired) electrons. The van der Waals surface area contributed by atoms with E-state index in [9.17, 15) is 4.79 Å². The van der Waals surface area contributed by atoms with E-state index in [4.69, 9.17) is 11.6 Å². The lowest BCUT2D eigenvalue weighted by Crippen LogP contribution is -3.21. The summed E-state index contributed by atoms with van der Waals surface area (Å²) in [5.41, 5.74) is 3.51. The van der Waals surface area contributed by atoms with Gasteiger partial charge in [0.05, 0.1) is 10.6 Å². The van der Waals surface area contributed by atoms with Crippen LogP contribution in [0.25, 0.3) is 0 Å². The quantitative estimate of drug-likeness (QED) is 0.603. The summed E-state index contributed by atoms with van der Waals surface area (Å²) in [7, 11) is 2.09. The number of carbonyl (C=O) groups excluding carboxylic acids is 1. The number of benzene rings is 1. The molecule has 0 spiro atoms. The van der Waals surface area contributed by atoms with Crippen molar-refractivity contribution in [3.05, 3.63) is 34.9 Å². The third-order valence-corrected chi connectivity index (χ3v) is 3.33. The van der Waals surface area contributed by atoms with Gasteiger partial charge in [-0.2, -0.15) is 5.43 Å². The van der Waals surface area contributed by atoms with Gasteiger partial charge in [0.2, 0.25) is 0 Å². The van der Waals surface area contributed by atoms with Gasteiger partial charge in [0.15, 0.2) is 0 Å². The van der Waals surface area contributed by atoms with Crippen LogP contribution in [0.5, 0.6) is 0 Å². The lowest BCUT2D eigenvalue weighted by Gasteiger charge is -2.28. The first-order valence-corrected chi connectivity index (χ1v) is 6.14. The third-order valence-electron chi connectivity index (χ3n) is 3.00. The largest absolute Gasteiger partial charge is 1.00 e. The van der Waals surface area contributed by atoms with Crippen molar-refractivity contribution in [3.63, 3.8) is 0 Å². The first-order chi connectivity index (χ1) is 8.16. The van der Waals surface area contributed by atoms with Crippen LogP contribution >= 0.6 is 11.6 Å². The highest BCUT2D eigenvalue weighted by atomic mass is 35.5. The summed E-state index contributed by atoms with van der Waals surface area (Å²) in [6.07, 6.45) is 0. The molecule has 1 aromatic rings. The molecule has 0 aliphatic carbocycles. The van der Waals surface area contributed by atoms with E-state index in [-0.39, 0.29) is 18.3 Å². The Kier molecular flexibility index (Phi) is 5.88. The third kappa shape index (κ3) is 3.85. The number of quaternary nitrogens is 1. The smallest absolute Gasteiger partial charge is 0.297 e. The van der Waals surface area contributed by atoms with Gasteiger partial charge in [-0.3, -0.25) is 9.69 Å². The summed E-state index contributed by atoms with van der Waals surface area (Å²) in [6.45, 7) is 3.84. The molecule has 100 valence electrons. The number of hydrogen-bond acceptors (Lipinski definition) is 2. The van der Waals surface area contributed by atoms with E-state index in [1.807, 2.05) is 12.1 Å². The minimum atomic E-state index is -0.102. The van der Waals surface area contributed by atoms with Gasteiger partial charge in [-0.25, -0.2) is 5.01 Å². The zero-order chi connectivity index (χ0) is 12.3. The van der Waals surface area contributed by atoms with Crippen molar-refractivity contribution in [3.8, 4) is 0 Å². The first-order valence-electron chi connectivity index (χ1n) is 5.76. The molecule has 18 heavy (non-hydrogen) atoms. The molecule has 0 unspecified atom stereocenters. The fraction of sp³-hybridized carbons (Fsp3) is 0.417. The maximum atomic E-state index is 12.0. The molecule has 1 fully saturated rings. The van der Waals surface area contributed by atoms with E-state index < -0.39 is 0 Å². The van der Waals surface area contributed by atoms with Crippen LogP contribution < -0.4 is 22.8 Å². The SMILES string of the molecule is CN1CC[NH+](NC(=O)c2ccccc2Cl)CC1.[Cl-]. The molecule has 2 rings (SSSR count). The molecule has 6 heteroatoms. The lowest BCUT2D eigenvalue weighted by atomic mass is 10.2. The topological polar surface area (TPSA) is 36.8 Å². The van der Waals surface area contributed by atoms with Gasteiger partial charge in [-0.05, 0) is 19.2 Å². The van der Waals surface area contributed by atoms with Crippen LogP contribution in [0.2, 0.25) is 5.02 Å². The van der Waals surface area contributed by atoms with Crippen LogP contribution in [0.4, 0.5) is 0 Å². The highest BCUT2D eigenvalue weighted by Gasteiger charge is 2.20. The highest BCUT2D eigenvalue weighted by Crippen LogP contribution is 2.13. The van der Waals surface area contributed by atoms with Crippen LogP contribution in [0.3, 0.4) is 0 Å². The van der Waals surface area contributed by atoms with Crippen LogP contribution in [0.1, 0.15) is 10.4 Å². The fourth-order valence-corrected chi connectivity index (χ4v) is 2.11. The van der Waals surface area contributed by atoms with Gasteiger partial charge in [0.25, 0.3) is 5.91 Å². The highest BCUT2D eigenvalue weighted by molar-refractivity contribution is 6.33. The summed E-state index contributed by atoms with van der Waals surface area (Å²) in [6, 6.07) is 7.12. The number of halogens is 2. The number of likely N-dealkylation sites (N-methyl/N-ethyl adjacent to an activating group) is 1. The van der Waals surface area contributed by atoms with Gasteiger partial charge < -0.3 is 12.4 Å². The molecule has 1 amide bonds. The van der Waals surface area contributed by atoms with Crippen molar-refractivity contribution < 1.29 is 22.2 Å². The first kappa shape index (κ1) is 15.2. The summed E-state index contributed by atoms with van der Waals surface area (Å²) in [5.74, 6) is -0.102. The van der Waals surface area contributed by atoms with Crippen molar-refractivity contribution in [1.29, 1.82) is 0 Å². The molecule has 0 bridgehead atoms. The average molecular weight is 290 g/mol. The van der Waals surface area contributed by atoms with Crippen LogP contribution in [0.15, 0.2) is 24.3 Å². The standard InChI is InChI=1S/C12H16ClN3O.ClH/c1-15-6-8-16(9-7-15)14-12(17)10-4-2-3-5-11(10)13;/h2-5H,6-9H2,1H3,(H,14,17);1H. The number of nitrogens with one attached hydrogen (secondary N) is 2. The van der Waals surface area contributed by atoms with E-state index in [1.54, 1.807) is 12.1 Å². The van der Waals surface area contributed by atoms with Gasteiger partial charge in [-0.1, -0.05) is 23.7 Å².